The maximum Gasteiger partial charge on any atom is 0.414 e. The Labute approximate surface area is 179 Å². The molecular weight excluding hydrogens is 399 g/mol. The van der Waals surface area contributed by atoms with Gasteiger partial charge in [0.15, 0.2) is 5.78 Å². The third-order valence-electron chi connectivity index (χ3n) is 5.49. The molecule has 2 aliphatic rings. The number of nitrogens with zero attached hydrogens (tertiary/aromatic N) is 1. The number of fused-ring (bicyclic) bond motifs is 1. The van der Waals surface area contributed by atoms with Crippen molar-refractivity contribution >= 4 is 29.5 Å². The second-order valence-electron chi connectivity index (χ2n) is 7.80. The number of ketones is 1. The van der Waals surface area contributed by atoms with Crippen LogP contribution in [0.2, 0.25) is 0 Å². The van der Waals surface area contributed by atoms with Crippen LogP contribution in [-0.2, 0) is 16.0 Å². The van der Waals surface area contributed by atoms with Gasteiger partial charge in [-0.2, -0.15) is 0 Å². The molecule has 1 unspecified atom stereocenters. The van der Waals surface area contributed by atoms with E-state index in [0.717, 1.165) is 17.5 Å². The van der Waals surface area contributed by atoms with E-state index >= 15 is 0 Å². The fourth-order valence-electron chi connectivity index (χ4n) is 3.93. The Balaban J connectivity index is 1.55. The first kappa shape index (κ1) is 20.8. The molecule has 2 aromatic rings. The van der Waals surface area contributed by atoms with E-state index in [0.29, 0.717) is 36.2 Å². The first-order valence-electron chi connectivity index (χ1n) is 10.3. The summed E-state index contributed by atoms with van der Waals surface area (Å²) in [4.78, 5) is 38.0. The number of Topliss-reactive ketones (excluding diaryl/α,β-unsaturated/α-hetero) is 1. The highest BCUT2D eigenvalue weighted by atomic mass is 19.1. The van der Waals surface area contributed by atoms with Gasteiger partial charge < -0.3 is 10.1 Å². The Morgan fingerprint density at radius 3 is 2.71 bits per heavy atom. The highest BCUT2D eigenvalue weighted by Crippen LogP contribution is 2.30. The van der Waals surface area contributed by atoms with Gasteiger partial charge in [-0.05, 0) is 66.8 Å². The summed E-state index contributed by atoms with van der Waals surface area (Å²) in [7, 11) is 0. The predicted molar refractivity (Wildman–Crippen MR) is 114 cm³/mol. The molecule has 0 aromatic heterocycles. The zero-order valence-electron chi connectivity index (χ0n) is 17.2. The quantitative estimate of drug-likeness (QED) is 0.599. The standard InChI is InChI=1S/C24H23FN2O4/c1-15(28)26-13-21-14-27(24(30)31-21)20-9-10-22-17(12-20)3-2-4-18(23(22)29)11-16-5-7-19(25)8-6-16/h5-12,21H,2-4,13-14H2,1H3,(H,26,28)/b18-11-. The van der Waals surface area contributed by atoms with E-state index in [2.05, 4.69) is 5.32 Å². The van der Waals surface area contributed by atoms with Crippen molar-refractivity contribution in [1.82, 2.24) is 5.32 Å². The van der Waals surface area contributed by atoms with E-state index in [1.54, 1.807) is 24.3 Å². The van der Waals surface area contributed by atoms with Gasteiger partial charge in [-0.25, -0.2) is 9.18 Å². The average molecular weight is 422 g/mol. The number of allylic oxidation sites excluding steroid dienone is 1. The number of aryl methyl sites for hydroxylation is 1. The van der Waals surface area contributed by atoms with Crippen molar-refractivity contribution in [2.45, 2.75) is 32.3 Å². The fourth-order valence-corrected chi connectivity index (χ4v) is 3.93. The summed E-state index contributed by atoms with van der Waals surface area (Å²) in [5, 5.41) is 2.66. The third-order valence-corrected chi connectivity index (χ3v) is 5.49. The number of nitrogens with one attached hydrogen (secondary N) is 1. The minimum Gasteiger partial charge on any atom is -0.442 e. The van der Waals surface area contributed by atoms with Gasteiger partial charge in [-0.1, -0.05) is 12.1 Å². The number of carbonyl (C=O) groups is 3. The molecule has 4 rings (SSSR count). The number of hydrogen-bond acceptors (Lipinski definition) is 4. The molecule has 0 bridgehead atoms. The van der Waals surface area contributed by atoms with Crippen molar-refractivity contribution in [3.8, 4) is 0 Å². The second-order valence-corrected chi connectivity index (χ2v) is 7.80. The highest BCUT2D eigenvalue weighted by molar-refractivity contribution is 6.12. The topological polar surface area (TPSA) is 75.7 Å². The van der Waals surface area contributed by atoms with Gasteiger partial charge in [-0.3, -0.25) is 14.5 Å². The molecule has 6 nitrogen and oxygen atoms in total. The Bertz CT molecular complexity index is 1060. The molecule has 1 saturated heterocycles. The lowest BCUT2D eigenvalue weighted by Crippen LogP contribution is -2.33. The van der Waals surface area contributed by atoms with Crippen LogP contribution in [0.25, 0.3) is 6.08 Å². The molecule has 1 aliphatic carbocycles. The number of halogens is 1. The van der Waals surface area contributed by atoms with Crippen LogP contribution in [-0.4, -0.2) is 37.0 Å². The summed E-state index contributed by atoms with van der Waals surface area (Å²) in [6.07, 6.45) is 3.08. The Morgan fingerprint density at radius 1 is 1.19 bits per heavy atom. The summed E-state index contributed by atoms with van der Waals surface area (Å²) in [6.45, 7) is 2.01. The van der Waals surface area contributed by atoms with Crippen molar-refractivity contribution in [3.63, 3.8) is 0 Å². The van der Waals surface area contributed by atoms with E-state index in [1.807, 2.05) is 12.1 Å². The van der Waals surface area contributed by atoms with Crippen LogP contribution in [0.5, 0.6) is 0 Å². The van der Waals surface area contributed by atoms with Gasteiger partial charge in [-0.15, -0.1) is 0 Å². The lowest BCUT2D eigenvalue weighted by Gasteiger charge is -2.16. The molecule has 1 fully saturated rings. The molecule has 2 aromatic carbocycles. The van der Waals surface area contributed by atoms with E-state index in [4.69, 9.17) is 4.74 Å². The van der Waals surface area contributed by atoms with E-state index in [1.165, 1.54) is 24.0 Å². The van der Waals surface area contributed by atoms with Crippen LogP contribution in [0.1, 0.15) is 41.3 Å². The number of carbonyl (C=O) groups excluding carboxylic acids is 3. The smallest absolute Gasteiger partial charge is 0.414 e. The molecular formula is C24H23FN2O4. The van der Waals surface area contributed by atoms with Crippen molar-refractivity contribution in [3.05, 3.63) is 70.5 Å². The van der Waals surface area contributed by atoms with Crippen LogP contribution in [0.4, 0.5) is 14.9 Å². The predicted octanol–water partition coefficient (Wildman–Crippen LogP) is 3.89. The number of ether oxygens (including phenoxy) is 1. The van der Waals surface area contributed by atoms with Crippen LogP contribution in [0, 0.1) is 5.82 Å². The number of anilines is 1. The van der Waals surface area contributed by atoms with Crippen LogP contribution >= 0.6 is 0 Å². The second kappa shape index (κ2) is 8.71. The first-order chi connectivity index (χ1) is 14.9. The van der Waals surface area contributed by atoms with Crippen molar-refractivity contribution in [2.75, 3.05) is 18.0 Å². The van der Waals surface area contributed by atoms with Crippen LogP contribution in [0.3, 0.4) is 0 Å². The molecule has 0 saturated carbocycles. The van der Waals surface area contributed by atoms with E-state index in [9.17, 15) is 18.8 Å². The van der Waals surface area contributed by atoms with Crippen molar-refractivity contribution in [1.29, 1.82) is 0 Å². The molecule has 31 heavy (non-hydrogen) atoms. The summed E-state index contributed by atoms with van der Waals surface area (Å²) in [5.74, 6) is -0.537. The molecule has 0 spiro atoms. The first-order valence-corrected chi connectivity index (χ1v) is 10.3. The number of benzene rings is 2. The van der Waals surface area contributed by atoms with Gasteiger partial charge >= 0.3 is 6.09 Å². The Kier molecular flexibility index (Phi) is 5.84. The van der Waals surface area contributed by atoms with Gasteiger partial charge in [0.25, 0.3) is 0 Å². The average Bonchev–Trinajstić information content (AvgIpc) is 3.05. The zero-order chi connectivity index (χ0) is 22.0. The maximum absolute atomic E-state index is 13.2. The molecule has 0 radical (unpaired) electrons. The number of rotatable bonds is 4. The summed E-state index contributed by atoms with van der Waals surface area (Å²) in [6, 6.07) is 11.4. The molecule has 2 amide bonds. The molecule has 1 atom stereocenters. The summed E-state index contributed by atoms with van der Waals surface area (Å²) < 4.78 is 18.5. The maximum atomic E-state index is 13.2. The van der Waals surface area contributed by atoms with E-state index in [-0.39, 0.29) is 24.1 Å². The van der Waals surface area contributed by atoms with Crippen LogP contribution in [0.15, 0.2) is 48.0 Å². The fraction of sp³-hybridized carbons (Fsp3) is 0.292. The normalized spacial score (nSPS) is 19.7. The van der Waals surface area contributed by atoms with E-state index < -0.39 is 12.2 Å². The third kappa shape index (κ3) is 4.66. The molecule has 1 aliphatic heterocycles. The van der Waals surface area contributed by atoms with Crippen molar-refractivity contribution in [2.24, 2.45) is 0 Å². The lowest BCUT2D eigenvalue weighted by atomic mass is 9.97. The molecule has 1 N–H and O–H groups in total. The number of amides is 2. The minimum atomic E-state index is -0.466. The molecule has 1 heterocycles. The van der Waals surface area contributed by atoms with Gasteiger partial charge in [0, 0.05) is 23.7 Å². The molecule has 160 valence electrons. The number of hydrogen-bond donors (Lipinski definition) is 1. The number of cyclic esters (lactones) is 1. The summed E-state index contributed by atoms with van der Waals surface area (Å²) in [5.41, 5.74) is 3.66. The minimum absolute atomic E-state index is 0.0455. The Morgan fingerprint density at radius 2 is 1.97 bits per heavy atom. The zero-order valence-corrected chi connectivity index (χ0v) is 17.2. The largest absolute Gasteiger partial charge is 0.442 e. The van der Waals surface area contributed by atoms with Crippen LogP contribution < -0.4 is 10.2 Å². The SMILES string of the molecule is CC(=O)NCC1CN(c2ccc3c(c2)CCC/C(=C/c2ccc(F)cc2)C3=O)C(=O)O1. The highest BCUT2D eigenvalue weighted by Gasteiger charge is 2.33. The summed E-state index contributed by atoms with van der Waals surface area (Å²) >= 11 is 0. The monoisotopic (exact) mass is 422 g/mol. The van der Waals surface area contributed by atoms with Crippen molar-refractivity contribution < 1.29 is 23.5 Å². The van der Waals surface area contributed by atoms with Gasteiger partial charge in [0.05, 0.1) is 13.1 Å². The Hall–Kier alpha value is -3.48. The van der Waals surface area contributed by atoms with Gasteiger partial charge in [0.1, 0.15) is 11.9 Å². The lowest BCUT2D eigenvalue weighted by molar-refractivity contribution is -0.119. The van der Waals surface area contributed by atoms with Gasteiger partial charge in [0.2, 0.25) is 5.91 Å². The molecule has 7 heteroatoms.